The van der Waals surface area contributed by atoms with Crippen LogP contribution in [0.3, 0.4) is 0 Å². The third-order valence-corrected chi connectivity index (χ3v) is 2.11. The second-order valence-corrected chi connectivity index (χ2v) is 3.90. The lowest BCUT2D eigenvalue weighted by atomic mass is 10.3. The zero-order valence-electron chi connectivity index (χ0n) is 10.3. The standard InChI is InChI=1S/C10H24N2O4/c1-4-11-5-8(14)7-16-10(12(2)3)9(15)6-13/h8-11,13-15H,4-7H2,1-3H3. The molecule has 0 aromatic heterocycles. The van der Waals surface area contributed by atoms with Crippen molar-refractivity contribution in [2.45, 2.75) is 25.4 Å². The highest BCUT2D eigenvalue weighted by Crippen LogP contribution is 2.03. The third kappa shape index (κ3) is 6.37. The van der Waals surface area contributed by atoms with Gasteiger partial charge in [0, 0.05) is 6.54 Å². The van der Waals surface area contributed by atoms with Crippen LogP contribution in [0.25, 0.3) is 0 Å². The van der Waals surface area contributed by atoms with E-state index in [-0.39, 0.29) is 13.2 Å². The van der Waals surface area contributed by atoms with Crippen LogP contribution in [0.4, 0.5) is 0 Å². The van der Waals surface area contributed by atoms with Gasteiger partial charge in [0.1, 0.15) is 12.3 Å². The number of ether oxygens (including phenoxy) is 1. The second kappa shape index (κ2) is 8.86. The van der Waals surface area contributed by atoms with Crippen LogP contribution >= 0.6 is 0 Å². The molecule has 0 aromatic carbocycles. The molecule has 98 valence electrons. The van der Waals surface area contributed by atoms with E-state index in [1.54, 1.807) is 19.0 Å². The van der Waals surface area contributed by atoms with Crippen LogP contribution in [-0.2, 0) is 4.74 Å². The molecule has 3 atom stereocenters. The van der Waals surface area contributed by atoms with E-state index in [2.05, 4.69) is 5.32 Å². The van der Waals surface area contributed by atoms with Gasteiger partial charge in [-0.2, -0.15) is 0 Å². The first kappa shape index (κ1) is 15.8. The molecule has 0 rings (SSSR count). The minimum Gasteiger partial charge on any atom is -0.394 e. The molecule has 6 heteroatoms. The van der Waals surface area contributed by atoms with Crippen molar-refractivity contribution in [2.75, 3.05) is 40.4 Å². The van der Waals surface area contributed by atoms with Crippen LogP contribution in [0.5, 0.6) is 0 Å². The number of aliphatic hydroxyl groups excluding tert-OH is 3. The quantitative estimate of drug-likeness (QED) is 0.354. The minimum absolute atomic E-state index is 0.118. The first-order valence-corrected chi connectivity index (χ1v) is 5.48. The van der Waals surface area contributed by atoms with Gasteiger partial charge in [-0.1, -0.05) is 6.92 Å². The van der Waals surface area contributed by atoms with Crippen molar-refractivity contribution in [3.05, 3.63) is 0 Å². The lowest BCUT2D eigenvalue weighted by Gasteiger charge is -2.28. The lowest BCUT2D eigenvalue weighted by molar-refractivity contribution is -0.136. The first-order valence-electron chi connectivity index (χ1n) is 5.48. The number of nitrogens with one attached hydrogen (secondary N) is 1. The fraction of sp³-hybridized carbons (Fsp3) is 1.00. The SMILES string of the molecule is CCNCC(O)COC(C(O)CO)N(C)C. The van der Waals surface area contributed by atoms with Gasteiger partial charge < -0.3 is 25.4 Å². The summed E-state index contributed by atoms with van der Waals surface area (Å²) in [6, 6.07) is 0. The van der Waals surface area contributed by atoms with Crippen LogP contribution < -0.4 is 5.32 Å². The Labute approximate surface area is 96.8 Å². The predicted molar refractivity (Wildman–Crippen MR) is 61.1 cm³/mol. The van der Waals surface area contributed by atoms with Gasteiger partial charge in [-0.15, -0.1) is 0 Å². The van der Waals surface area contributed by atoms with Crippen molar-refractivity contribution >= 4 is 0 Å². The average molecular weight is 236 g/mol. The Balaban J connectivity index is 3.92. The van der Waals surface area contributed by atoms with Crippen molar-refractivity contribution < 1.29 is 20.1 Å². The molecule has 0 amide bonds. The number of rotatable bonds is 9. The largest absolute Gasteiger partial charge is 0.394 e. The molecule has 0 heterocycles. The van der Waals surface area contributed by atoms with Crippen LogP contribution in [0.15, 0.2) is 0 Å². The van der Waals surface area contributed by atoms with E-state index in [0.717, 1.165) is 6.54 Å². The fourth-order valence-corrected chi connectivity index (χ4v) is 1.27. The van der Waals surface area contributed by atoms with Crippen LogP contribution in [0.1, 0.15) is 6.92 Å². The van der Waals surface area contributed by atoms with Gasteiger partial charge in [0.2, 0.25) is 0 Å². The van der Waals surface area contributed by atoms with Crippen LogP contribution in [0, 0.1) is 0 Å². The highest BCUT2D eigenvalue weighted by atomic mass is 16.5. The van der Waals surface area contributed by atoms with Crippen LogP contribution in [-0.4, -0.2) is 79.1 Å². The second-order valence-electron chi connectivity index (χ2n) is 3.90. The minimum atomic E-state index is -0.971. The van der Waals surface area contributed by atoms with Crippen molar-refractivity contribution in [1.29, 1.82) is 0 Å². The Hall–Kier alpha value is -0.240. The summed E-state index contributed by atoms with van der Waals surface area (Å²) in [6.07, 6.45) is -2.20. The Morgan fingerprint density at radius 3 is 2.38 bits per heavy atom. The zero-order chi connectivity index (χ0) is 12.6. The van der Waals surface area contributed by atoms with Crippen molar-refractivity contribution in [3.8, 4) is 0 Å². The molecule has 0 aromatic rings. The average Bonchev–Trinajstić information content (AvgIpc) is 2.25. The summed E-state index contributed by atoms with van der Waals surface area (Å²) in [7, 11) is 3.47. The molecule has 0 spiro atoms. The molecule has 0 saturated carbocycles. The molecule has 0 aliphatic heterocycles. The van der Waals surface area contributed by atoms with E-state index < -0.39 is 18.4 Å². The highest BCUT2D eigenvalue weighted by Gasteiger charge is 2.22. The Morgan fingerprint density at radius 1 is 1.31 bits per heavy atom. The summed E-state index contributed by atoms with van der Waals surface area (Å²) in [5.41, 5.74) is 0. The Morgan fingerprint density at radius 2 is 1.94 bits per heavy atom. The maximum Gasteiger partial charge on any atom is 0.138 e. The summed E-state index contributed by atoms with van der Waals surface area (Å²) in [4.78, 5) is 1.65. The number of nitrogens with zero attached hydrogens (tertiary/aromatic N) is 1. The van der Waals surface area contributed by atoms with Gasteiger partial charge >= 0.3 is 0 Å². The van der Waals surface area contributed by atoms with Gasteiger partial charge in [0.25, 0.3) is 0 Å². The van der Waals surface area contributed by atoms with E-state index in [4.69, 9.17) is 9.84 Å². The molecule has 0 aliphatic carbocycles. The monoisotopic (exact) mass is 236 g/mol. The van der Waals surface area contributed by atoms with Crippen molar-refractivity contribution in [2.24, 2.45) is 0 Å². The molecule has 6 nitrogen and oxygen atoms in total. The number of hydrogen-bond acceptors (Lipinski definition) is 6. The molecule has 0 radical (unpaired) electrons. The van der Waals surface area contributed by atoms with E-state index in [1.165, 1.54) is 0 Å². The highest BCUT2D eigenvalue weighted by molar-refractivity contribution is 4.67. The predicted octanol–water partition coefficient (Wildman–Crippen LogP) is -1.79. The van der Waals surface area contributed by atoms with Gasteiger partial charge in [-0.05, 0) is 20.6 Å². The summed E-state index contributed by atoms with van der Waals surface area (Å²) in [5, 5.41) is 30.8. The molecular weight excluding hydrogens is 212 g/mol. The van der Waals surface area contributed by atoms with Gasteiger partial charge in [0.15, 0.2) is 0 Å². The topological polar surface area (TPSA) is 85.2 Å². The normalized spacial score (nSPS) is 17.4. The van der Waals surface area contributed by atoms with Gasteiger partial charge in [-0.3, -0.25) is 4.90 Å². The molecule has 3 unspecified atom stereocenters. The number of aliphatic hydroxyl groups is 3. The van der Waals surface area contributed by atoms with Crippen molar-refractivity contribution in [1.82, 2.24) is 10.2 Å². The molecular formula is C10H24N2O4. The fourth-order valence-electron chi connectivity index (χ4n) is 1.27. The molecule has 16 heavy (non-hydrogen) atoms. The summed E-state index contributed by atoms with van der Waals surface area (Å²) in [5.74, 6) is 0. The Bertz CT molecular complexity index is 169. The Kier molecular flexibility index (Phi) is 8.73. The maximum absolute atomic E-state index is 9.52. The summed E-state index contributed by atoms with van der Waals surface area (Å²) in [6.45, 7) is 2.93. The molecule has 0 fully saturated rings. The van der Waals surface area contributed by atoms with E-state index in [0.29, 0.717) is 6.54 Å². The molecule has 0 saturated heterocycles. The van der Waals surface area contributed by atoms with Crippen LogP contribution in [0.2, 0.25) is 0 Å². The smallest absolute Gasteiger partial charge is 0.138 e. The summed E-state index contributed by atoms with van der Waals surface area (Å²) >= 11 is 0. The number of hydrogen-bond donors (Lipinski definition) is 4. The van der Waals surface area contributed by atoms with Gasteiger partial charge in [0.05, 0.1) is 19.3 Å². The van der Waals surface area contributed by atoms with Gasteiger partial charge in [-0.25, -0.2) is 0 Å². The third-order valence-electron chi connectivity index (χ3n) is 2.11. The molecule has 0 aliphatic rings. The van der Waals surface area contributed by atoms with Crippen molar-refractivity contribution in [3.63, 3.8) is 0 Å². The first-order chi connectivity index (χ1) is 7.52. The maximum atomic E-state index is 9.52. The van der Waals surface area contributed by atoms with E-state index >= 15 is 0 Å². The lowest BCUT2D eigenvalue weighted by Crippen LogP contribution is -2.45. The summed E-state index contributed by atoms with van der Waals surface area (Å²) < 4.78 is 5.34. The zero-order valence-corrected chi connectivity index (χ0v) is 10.3. The number of likely N-dealkylation sites (N-methyl/N-ethyl adjacent to an activating group) is 2. The molecule has 4 N–H and O–H groups in total. The van der Waals surface area contributed by atoms with E-state index in [1.807, 2.05) is 6.92 Å². The molecule has 0 bridgehead atoms. The van der Waals surface area contributed by atoms with E-state index in [9.17, 15) is 10.2 Å².